The molecule has 0 atom stereocenters. The molecule has 0 spiro atoms. The predicted octanol–water partition coefficient (Wildman–Crippen LogP) is 2.61. The quantitative estimate of drug-likeness (QED) is 0.749. The first-order valence-electron chi connectivity index (χ1n) is 3.94. The highest BCUT2D eigenvalue weighted by atomic mass is 35.5. The molecule has 1 aromatic rings. The van der Waals surface area contributed by atoms with Gasteiger partial charge in [-0.15, -0.1) is 0 Å². The fourth-order valence-electron chi connectivity index (χ4n) is 1.10. The second-order valence-electron chi connectivity index (χ2n) is 3.52. The number of hydrogen-bond donors (Lipinski definition) is 1. The number of hydrogen-bond acceptors (Lipinski definition) is 1. The molecule has 2 heteroatoms. The van der Waals surface area contributed by atoms with E-state index in [-0.39, 0.29) is 12.0 Å². The van der Waals surface area contributed by atoms with Gasteiger partial charge in [-0.1, -0.05) is 43.6 Å². The summed E-state index contributed by atoms with van der Waals surface area (Å²) in [6.45, 7) is 4.04. The van der Waals surface area contributed by atoms with E-state index >= 15 is 0 Å². The molecule has 1 rings (SSSR count). The normalized spacial score (nSPS) is 11.7. The predicted molar refractivity (Wildman–Crippen MR) is 51.6 cm³/mol. The minimum absolute atomic E-state index is 0.108. The SMILES string of the molecule is CC(C)(CO)c1ccccc1Cl. The van der Waals surface area contributed by atoms with Gasteiger partial charge in [0.1, 0.15) is 0 Å². The molecule has 0 bridgehead atoms. The van der Waals surface area contributed by atoms with Gasteiger partial charge in [0.05, 0.1) is 6.61 Å². The maximum atomic E-state index is 9.11. The molecule has 0 aromatic heterocycles. The average molecular weight is 185 g/mol. The van der Waals surface area contributed by atoms with Gasteiger partial charge in [-0.2, -0.15) is 0 Å². The van der Waals surface area contributed by atoms with E-state index in [9.17, 15) is 0 Å². The summed E-state index contributed by atoms with van der Waals surface area (Å²) in [4.78, 5) is 0. The minimum atomic E-state index is -0.252. The Kier molecular flexibility index (Phi) is 2.76. The minimum Gasteiger partial charge on any atom is -0.395 e. The van der Waals surface area contributed by atoms with Crippen LogP contribution in [0.3, 0.4) is 0 Å². The van der Waals surface area contributed by atoms with Crippen LogP contribution in [0, 0.1) is 0 Å². The van der Waals surface area contributed by atoms with Gasteiger partial charge >= 0.3 is 0 Å². The van der Waals surface area contributed by atoms with Crippen molar-refractivity contribution in [3.63, 3.8) is 0 Å². The maximum Gasteiger partial charge on any atom is 0.0523 e. The number of halogens is 1. The van der Waals surface area contributed by atoms with Crippen LogP contribution in [0.4, 0.5) is 0 Å². The zero-order chi connectivity index (χ0) is 9.19. The standard InChI is InChI=1S/C10H13ClO/c1-10(2,7-12)8-5-3-4-6-9(8)11/h3-6,12H,7H2,1-2H3. The molecular weight excluding hydrogens is 172 g/mol. The van der Waals surface area contributed by atoms with E-state index in [0.717, 1.165) is 10.6 Å². The molecule has 0 aliphatic rings. The van der Waals surface area contributed by atoms with Crippen molar-refractivity contribution in [1.82, 2.24) is 0 Å². The zero-order valence-corrected chi connectivity index (χ0v) is 8.10. The summed E-state index contributed by atoms with van der Waals surface area (Å²) in [7, 11) is 0. The Balaban J connectivity index is 3.10. The molecule has 0 saturated heterocycles. The van der Waals surface area contributed by atoms with Crippen molar-refractivity contribution in [2.45, 2.75) is 19.3 Å². The summed E-state index contributed by atoms with van der Waals surface area (Å²) in [5, 5.41) is 9.83. The Morgan fingerprint density at radius 2 is 1.92 bits per heavy atom. The highest BCUT2D eigenvalue weighted by Gasteiger charge is 2.21. The molecule has 0 radical (unpaired) electrons. The van der Waals surface area contributed by atoms with Crippen molar-refractivity contribution in [2.75, 3.05) is 6.61 Å². The Morgan fingerprint density at radius 1 is 1.33 bits per heavy atom. The van der Waals surface area contributed by atoms with Crippen LogP contribution in [0.1, 0.15) is 19.4 Å². The van der Waals surface area contributed by atoms with Crippen LogP contribution in [-0.2, 0) is 5.41 Å². The second-order valence-corrected chi connectivity index (χ2v) is 3.93. The second kappa shape index (κ2) is 3.46. The third-order valence-electron chi connectivity index (χ3n) is 2.00. The smallest absolute Gasteiger partial charge is 0.0523 e. The lowest BCUT2D eigenvalue weighted by Crippen LogP contribution is -2.22. The molecule has 0 saturated carbocycles. The number of aliphatic hydroxyl groups excluding tert-OH is 1. The maximum absolute atomic E-state index is 9.11. The Bertz CT molecular complexity index is 268. The van der Waals surface area contributed by atoms with E-state index in [2.05, 4.69) is 0 Å². The molecule has 66 valence electrons. The molecule has 0 unspecified atom stereocenters. The summed E-state index contributed by atoms with van der Waals surface area (Å²) >= 11 is 5.98. The molecule has 0 aliphatic carbocycles. The molecule has 0 fully saturated rings. The van der Waals surface area contributed by atoms with E-state index in [1.807, 2.05) is 38.1 Å². The molecule has 1 N–H and O–H groups in total. The van der Waals surface area contributed by atoms with Crippen molar-refractivity contribution in [1.29, 1.82) is 0 Å². The van der Waals surface area contributed by atoms with Crippen LogP contribution in [0.2, 0.25) is 5.02 Å². The van der Waals surface area contributed by atoms with E-state index in [1.54, 1.807) is 0 Å². The lowest BCUT2D eigenvalue weighted by atomic mass is 9.86. The fraction of sp³-hybridized carbons (Fsp3) is 0.400. The first-order valence-corrected chi connectivity index (χ1v) is 4.31. The van der Waals surface area contributed by atoms with E-state index in [1.165, 1.54) is 0 Å². The van der Waals surface area contributed by atoms with Gasteiger partial charge in [0.15, 0.2) is 0 Å². The van der Waals surface area contributed by atoms with Gasteiger partial charge < -0.3 is 5.11 Å². The topological polar surface area (TPSA) is 20.2 Å². The molecule has 0 aliphatic heterocycles. The first kappa shape index (κ1) is 9.56. The molecule has 0 heterocycles. The van der Waals surface area contributed by atoms with Crippen LogP contribution < -0.4 is 0 Å². The zero-order valence-electron chi connectivity index (χ0n) is 7.34. The lowest BCUT2D eigenvalue weighted by molar-refractivity contribution is 0.218. The van der Waals surface area contributed by atoms with Crippen molar-refractivity contribution in [3.05, 3.63) is 34.9 Å². The number of rotatable bonds is 2. The fourth-order valence-corrected chi connectivity index (χ4v) is 1.49. The van der Waals surface area contributed by atoms with Crippen LogP contribution in [0.25, 0.3) is 0 Å². The van der Waals surface area contributed by atoms with Crippen molar-refractivity contribution >= 4 is 11.6 Å². The Morgan fingerprint density at radius 3 is 2.42 bits per heavy atom. The third kappa shape index (κ3) is 1.79. The summed E-state index contributed by atoms with van der Waals surface area (Å²) in [5.74, 6) is 0. The van der Waals surface area contributed by atoms with Crippen LogP contribution in [0.15, 0.2) is 24.3 Å². The van der Waals surface area contributed by atoms with Crippen molar-refractivity contribution < 1.29 is 5.11 Å². The number of aliphatic hydroxyl groups is 1. The van der Waals surface area contributed by atoms with Gasteiger partial charge in [0.25, 0.3) is 0 Å². The largest absolute Gasteiger partial charge is 0.395 e. The van der Waals surface area contributed by atoms with Crippen molar-refractivity contribution in [3.8, 4) is 0 Å². The molecule has 12 heavy (non-hydrogen) atoms. The van der Waals surface area contributed by atoms with Crippen molar-refractivity contribution in [2.24, 2.45) is 0 Å². The van der Waals surface area contributed by atoms with E-state index in [0.29, 0.717) is 0 Å². The molecule has 1 nitrogen and oxygen atoms in total. The lowest BCUT2D eigenvalue weighted by Gasteiger charge is -2.23. The first-order chi connectivity index (χ1) is 5.58. The Labute approximate surface area is 78.0 Å². The third-order valence-corrected chi connectivity index (χ3v) is 2.33. The van der Waals surface area contributed by atoms with E-state index < -0.39 is 0 Å². The Hall–Kier alpha value is -0.530. The van der Waals surface area contributed by atoms with Gasteiger partial charge in [-0.3, -0.25) is 0 Å². The highest BCUT2D eigenvalue weighted by Crippen LogP contribution is 2.28. The van der Waals surface area contributed by atoms with Gasteiger partial charge in [-0.05, 0) is 11.6 Å². The summed E-state index contributed by atoms with van der Waals surface area (Å²) in [6.07, 6.45) is 0. The van der Waals surface area contributed by atoms with Crippen LogP contribution >= 0.6 is 11.6 Å². The van der Waals surface area contributed by atoms with Crippen LogP contribution in [0.5, 0.6) is 0 Å². The van der Waals surface area contributed by atoms with Gasteiger partial charge in [0.2, 0.25) is 0 Å². The highest BCUT2D eigenvalue weighted by molar-refractivity contribution is 6.31. The average Bonchev–Trinajstić information content (AvgIpc) is 2.05. The molecule has 1 aromatic carbocycles. The summed E-state index contributed by atoms with van der Waals surface area (Å²) < 4.78 is 0. The van der Waals surface area contributed by atoms with Gasteiger partial charge in [0, 0.05) is 10.4 Å². The molecule has 0 amide bonds. The van der Waals surface area contributed by atoms with E-state index in [4.69, 9.17) is 16.7 Å². The summed E-state index contributed by atoms with van der Waals surface area (Å²) in [6, 6.07) is 7.60. The summed E-state index contributed by atoms with van der Waals surface area (Å²) in [5.41, 5.74) is 0.743. The monoisotopic (exact) mass is 184 g/mol. The number of benzene rings is 1. The van der Waals surface area contributed by atoms with Crippen LogP contribution in [-0.4, -0.2) is 11.7 Å². The molecular formula is C10H13ClO. The van der Waals surface area contributed by atoms with Gasteiger partial charge in [-0.25, -0.2) is 0 Å².